The molecule has 0 bridgehead atoms. The zero-order valence-electron chi connectivity index (χ0n) is 14.2. The van der Waals surface area contributed by atoms with Gasteiger partial charge in [-0.15, -0.1) is 11.3 Å². The molecular formula is C17H17N3O4S2. The Labute approximate surface area is 155 Å². The first-order valence-electron chi connectivity index (χ1n) is 7.81. The van der Waals surface area contributed by atoms with Crippen LogP contribution in [0.25, 0.3) is 10.7 Å². The third-order valence-electron chi connectivity index (χ3n) is 3.76. The van der Waals surface area contributed by atoms with Gasteiger partial charge in [-0.25, -0.2) is 8.42 Å². The van der Waals surface area contributed by atoms with Crippen molar-refractivity contribution in [1.82, 2.24) is 10.1 Å². The molecule has 1 aromatic carbocycles. The van der Waals surface area contributed by atoms with E-state index in [2.05, 4.69) is 15.5 Å². The number of benzene rings is 1. The second kappa shape index (κ2) is 7.38. The molecule has 136 valence electrons. The molecule has 0 unspecified atom stereocenters. The smallest absolute Gasteiger partial charge is 0.242 e. The molecule has 0 aliphatic rings. The van der Waals surface area contributed by atoms with E-state index in [1.54, 1.807) is 12.1 Å². The number of hydrogen-bond donors (Lipinski definition) is 1. The molecule has 7 nitrogen and oxygen atoms in total. The lowest BCUT2D eigenvalue weighted by Crippen LogP contribution is -2.33. The topological polar surface area (TPSA) is 102 Å². The van der Waals surface area contributed by atoms with E-state index in [1.807, 2.05) is 36.6 Å². The summed E-state index contributed by atoms with van der Waals surface area (Å²) in [7, 11) is -3.80. The van der Waals surface area contributed by atoms with Gasteiger partial charge in [0.15, 0.2) is 9.84 Å². The van der Waals surface area contributed by atoms with E-state index in [0.29, 0.717) is 11.5 Å². The van der Waals surface area contributed by atoms with Gasteiger partial charge >= 0.3 is 0 Å². The molecule has 0 radical (unpaired) electrons. The van der Waals surface area contributed by atoms with Gasteiger partial charge in [0.2, 0.25) is 17.6 Å². The minimum atomic E-state index is -3.80. The van der Waals surface area contributed by atoms with Gasteiger partial charge in [0.25, 0.3) is 0 Å². The predicted molar refractivity (Wildman–Crippen MR) is 99.5 cm³/mol. The predicted octanol–water partition coefficient (Wildman–Crippen LogP) is 3.05. The highest BCUT2D eigenvalue weighted by molar-refractivity contribution is 7.92. The molecule has 1 N–H and O–H groups in total. The van der Waals surface area contributed by atoms with Crippen molar-refractivity contribution in [1.29, 1.82) is 0 Å². The molecule has 2 aromatic heterocycles. The van der Waals surface area contributed by atoms with E-state index in [-0.39, 0.29) is 5.89 Å². The monoisotopic (exact) mass is 391 g/mol. The van der Waals surface area contributed by atoms with Crippen LogP contribution >= 0.6 is 11.3 Å². The summed E-state index contributed by atoms with van der Waals surface area (Å²) in [5, 5.41) is 7.00. The number of carbonyl (C=O) groups excluding carboxylic acids is 1. The first kappa shape index (κ1) is 18.3. The molecule has 0 spiro atoms. The van der Waals surface area contributed by atoms with Gasteiger partial charge in [-0.2, -0.15) is 4.98 Å². The number of aryl methyl sites for hydroxylation is 1. The number of aromatic nitrogens is 2. The van der Waals surface area contributed by atoms with Crippen molar-refractivity contribution in [3.05, 3.63) is 53.2 Å². The van der Waals surface area contributed by atoms with Crippen LogP contribution in [0.5, 0.6) is 0 Å². The Morgan fingerprint density at radius 2 is 2.00 bits per heavy atom. The second-order valence-corrected chi connectivity index (χ2v) is 9.06. The summed E-state index contributed by atoms with van der Waals surface area (Å²) in [5.41, 5.74) is 1.59. The van der Waals surface area contributed by atoms with Crippen LogP contribution in [0.4, 0.5) is 5.69 Å². The zero-order valence-corrected chi connectivity index (χ0v) is 15.8. The van der Waals surface area contributed by atoms with Gasteiger partial charge in [0.1, 0.15) is 11.0 Å². The van der Waals surface area contributed by atoms with E-state index in [9.17, 15) is 13.2 Å². The van der Waals surface area contributed by atoms with Crippen molar-refractivity contribution < 1.29 is 17.7 Å². The summed E-state index contributed by atoms with van der Waals surface area (Å²) in [6.45, 7) is 3.27. The number of hydrogen-bond acceptors (Lipinski definition) is 7. The van der Waals surface area contributed by atoms with Gasteiger partial charge in [-0.3, -0.25) is 4.79 Å². The molecule has 1 amide bonds. The number of nitrogens with zero attached hydrogens (tertiary/aromatic N) is 2. The van der Waals surface area contributed by atoms with Crippen molar-refractivity contribution in [3.63, 3.8) is 0 Å². The summed E-state index contributed by atoms with van der Waals surface area (Å²) >= 11 is 1.42. The maximum absolute atomic E-state index is 12.5. The Kier molecular flexibility index (Phi) is 5.19. The number of amides is 1. The van der Waals surface area contributed by atoms with Crippen molar-refractivity contribution in [3.8, 4) is 10.7 Å². The zero-order chi connectivity index (χ0) is 18.7. The summed E-state index contributed by atoms with van der Waals surface area (Å²) in [5.74, 6) is -0.800. The lowest BCUT2D eigenvalue weighted by Gasteiger charge is -2.12. The summed E-state index contributed by atoms with van der Waals surface area (Å²) in [6, 6.07) is 10.8. The van der Waals surface area contributed by atoms with Gasteiger partial charge in [0.05, 0.1) is 4.88 Å². The van der Waals surface area contributed by atoms with Crippen molar-refractivity contribution in [2.24, 2.45) is 0 Å². The fourth-order valence-corrected chi connectivity index (χ4v) is 3.91. The normalized spacial score (nSPS) is 12.7. The molecule has 0 aliphatic heterocycles. The fraction of sp³-hybridized carbons (Fsp3) is 0.235. The summed E-state index contributed by atoms with van der Waals surface area (Å²) in [6.07, 6.45) is 0. The van der Waals surface area contributed by atoms with Crippen molar-refractivity contribution in [2.45, 2.75) is 24.9 Å². The molecule has 0 aliphatic carbocycles. The SMILES string of the molecule is Cc1ccc(NC(=O)[C@@H](C)S(=O)(=O)Cc2nc(-c3cccs3)no2)cc1. The third-order valence-corrected chi connectivity index (χ3v) is 6.57. The van der Waals surface area contributed by atoms with Crippen LogP contribution in [0.3, 0.4) is 0 Å². The average molecular weight is 391 g/mol. The van der Waals surface area contributed by atoms with E-state index >= 15 is 0 Å². The van der Waals surface area contributed by atoms with Gasteiger partial charge in [-0.1, -0.05) is 28.9 Å². The van der Waals surface area contributed by atoms with Crippen LogP contribution in [-0.4, -0.2) is 29.7 Å². The Morgan fingerprint density at radius 3 is 2.65 bits per heavy atom. The average Bonchev–Trinajstić information content (AvgIpc) is 3.27. The molecule has 1 atom stereocenters. The first-order valence-corrected chi connectivity index (χ1v) is 10.4. The molecule has 26 heavy (non-hydrogen) atoms. The van der Waals surface area contributed by atoms with Crippen LogP contribution < -0.4 is 5.32 Å². The number of thiophene rings is 1. The van der Waals surface area contributed by atoms with Crippen LogP contribution in [0.1, 0.15) is 18.4 Å². The van der Waals surface area contributed by atoms with Crippen LogP contribution in [-0.2, 0) is 20.4 Å². The van der Waals surface area contributed by atoms with Crippen LogP contribution in [0.15, 0.2) is 46.3 Å². The van der Waals surface area contributed by atoms with Gasteiger partial charge in [-0.05, 0) is 37.4 Å². The van der Waals surface area contributed by atoms with E-state index < -0.39 is 26.7 Å². The molecule has 0 saturated heterocycles. The van der Waals surface area contributed by atoms with Crippen LogP contribution in [0, 0.1) is 6.92 Å². The maximum atomic E-state index is 12.5. The largest absolute Gasteiger partial charge is 0.338 e. The number of nitrogens with one attached hydrogen (secondary N) is 1. The van der Waals surface area contributed by atoms with Crippen LogP contribution in [0.2, 0.25) is 0 Å². The lowest BCUT2D eigenvalue weighted by molar-refractivity contribution is -0.115. The molecule has 0 fully saturated rings. The highest BCUT2D eigenvalue weighted by Gasteiger charge is 2.30. The van der Waals surface area contributed by atoms with E-state index in [1.165, 1.54) is 18.3 Å². The third kappa shape index (κ3) is 4.17. The molecule has 0 saturated carbocycles. The first-order chi connectivity index (χ1) is 12.3. The van der Waals surface area contributed by atoms with Gasteiger partial charge < -0.3 is 9.84 Å². The number of rotatable bonds is 6. The Morgan fingerprint density at radius 1 is 1.27 bits per heavy atom. The molecule has 3 rings (SSSR count). The quantitative estimate of drug-likeness (QED) is 0.693. The second-order valence-electron chi connectivity index (χ2n) is 5.79. The number of carbonyl (C=O) groups is 1. The van der Waals surface area contributed by atoms with E-state index in [0.717, 1.165) is 10.4 Å². The molecule has 3 aromatic rings. The Hall–Kier alpha value is -2.52. The maximum Gasteiger partial charge on any atom is 0.242 e. The Balaban J connectivity index is 1.68. The summed E-state index contributed by atoms with van der Waals surface area (Å²) in [4.78, 5) is 17.1. The Bertz CT molecular complexity index is 993. The summed E-state index contributed by atoms with van der Waals surface area (Å²) < 4.78 is 30.0. The molecule has 9 heteroatoms. The highest BCUT2D eigenvalue weighted by Crippen LogP contribution is 2.22. The lowest BCUT2D eigenvalue weighted by atomic mass is 10.2. The standard InChI is InChI=1S/C17H17N3O4S2/c1-11-5-7-13(8-6-11)18-17(21)12(2)26(22,23)10-15-19-16(20-24-15)14-4-3-9-25-14/h3-9,12H,10H2,1-2H3,(H,18,21)/t12-/m1/s1. The highest BCUT2D eigenvalue weighted by atomic mass is 32.2. The number of sulfone groups is 1. The number of anilines is 1. The van der Waals surface area contributed by atoms with Crippen molar-refractivity contribution in [2.75, 3.05) is 5.32 Å². The minimum Gasteiger partial charge on any atom is -0.338 e. The molecule has 2 heterocycles. The minimum absolute atomic E-state index is 0.0385. The van der Waals surface area contributed by atoms with Crippen molar-refractivity contribution >= 4 is 32.8 Å². The van der Waals surface area contributed by atoms with E-state index in [4.69, 9.17) is 4.52 Å². The van der Waals surface area contributed by atoms with Gasteiger partial charge in [0, 0.05) is 5.69 Å². The fourth-order valence-electron chi connectivity index (χ4n) is 2.16. The molecular weight excluding hydrogens is 374 g/mol.